The molecule has 19 heavy (non-hydrogen) atoms. The van der Waals surface area contributed by atoms with E-state index in [1.807, 2.05) is 31.2 Å². The fraction of sp³-hybridized carbons (Fsp3) is 0.533. The van der Waals surface area contributed by atoms with Crippen LogP contribution < -0.4 is 0 Å². The molecular weight excluding hydrogens is 306 g/mol. The predicted octanol–water partition coefficient (Wildman–Crippen LogP) is 3.13. The molecule has 104 valence electrons. The maximum atomic E-state index is 12.5. The minimum atomic E-state index is -0.102. The second-order valence-corrected chi connectivity index (χ2v) is 6.17. The third-order valence-electron chi connectivity index (χ3n) is 3.50. The van der Waals surface area contributed by atoms with Crippen LogP contribution in [0.2, 0.25) is 0 Å². The number of ketones is 1. The lowest BCUT2D eigenvalue weighted by atomic mass is 10.0. The standard InChI is InChI=1S/C15H20BrNO2/c1-10-8-17(9-11(2)19-10)12(3)15(18)13-4-6-14(16)7-5-13/h4-7,10-12H,8-9H2,1-3H3/t10-,11+,12?. The van der Waals surface area contributed by atoms with Crippen molar-refractivity contribution in [3.05, 3.63) is 34.3 Å². The summed E-state index contributed by atoms with van der Waals surface area (Å²) in [7, 11) is 0. The third-order valence-corrected chi connectivity index (χ3v) is 4.03. The van der Waals surface area contributed by atoms with E-state index in [1.54, 1.807) is 0 Å². The van der Waals surface area contributed by atoms with E-state index in [1.165, 1.54) is 0 Å². The Morgan fingerprint density at radius 3 is 2.32 bits per heavy atom. The molecule has 0 bridgehead atoms. The van der Waals surface area contributed by atoms with E-state index in [4.69, 9.17) is 4.74 Å². The van der Waals surface area contributed by atoms with Gasteiger partial charge < -0.3 is 4.74 Å². The van der Waals surface area contributed by atoms with Crippen molar-refractivity contribution in [2.24, 2.45) is 0 Å². The molecule has 0 saturated carbocycles. The summed E-state index contributed by atoms with van der Waals surface area (Å²) in [6.45, 7) is 7.72. The van der Waals surface area contributed by atoms with Crippen molar-refractivity contribution in [1.82, 2.24) is 4.90 Å². The highest BCUT2D eigenvalue weighted by atomic mass is 79.9. The molecule has 1 aliphatic heterocycles. The van der Waals surface area contributed by atoms with Gasteiger partial charge in [0, 0.05) is 23.1 Å². The van der Waals surface area contributed by atoms with Crippen LogP contribution in [0.25, 0.3) is 0 Å². The fourth-order valence-corrected chi connectivity index (χ4v) is 2.82. The van der Waals surface area contributed by atoms with E-state index in [0.29, 0.717) is 0 Å². The molecule has 2 rings (SSSR count). The Balaban J connectivity index is 2.08. The second kappa shape index (κ2) is 6.16. The van der Waals surface area contributed by atoms with Crippen molar-refractivity contribution in [3.63, 3.8) is 0 Å². The largest absolute Gasteiger partial charge is 0.373 e. The zero-order chi connectivity index (χ0) is 14.0. The Labute approximate surface area is 123 Å². The van der Waals surface area contributed by atoms with Gasteiger partial charge in [-0.05, 0) is 32.9 Å². The normalized spacial score (nSPS) is 26.1. The number of halogens is 1. The van der Waals surface area contributed by atoms with Gasteiger partial charge in [-0.15, -0.1) is 0 Å². The Kier molecular flexibility index (Phi) is 4.76. The minimum Gasteiger partial charge on any atom is -0.373 e. The topological polar surface area (TPSA) is 29.5 Å². The van der Waals surface area contributed by atoms with E-state index < -0.39 is 0 Å². The van der Waals surface area contributed by atoms with Crippen molar-refractivity contribution in [3.8, 4) is 0 Å². The Hall–Kier alpha value is -0.710. The molecule has 0 N–H and O–H groups in total. The molecule has 3 nitrogen and oxygen atoms in total. The van der Waals surface area contributed by atoms with Crippen LogP contribution in [0.4, 0.5) is 0 Å². The number of rotatable bonds is 3. The van der Waals surface area contributed by atoms with Gasteiger partial charge in [0.15, 0.2) is 5.78 Å². The van der Waals surface area contributed by atoms with Crippen LogP contribution in [-0.4, -0.2) is 42.0 Å². The molecule has 0 radical (unpaired) electrons. The van der Waals surface area contributed by atoms with Crippen LogP contribution in [-0.2, 0) is 4.74 Å². The lowest BCUT2D eigenvalue weighted by Crippen LogP contribution is -2.51. The average Bonchev–Trinajstić information content (AvgIpc) is 2.37. The molecule has 0 aromatic heterocycles. The zero-order valence-electron chi connectivity index (χ0n) is 11.6. The van der Waals surface area contributed by atoms with Crippen molar-refractivity contribution in [2.75, 3.05) is 13.1 Å². The molecule has 1 aromatic carbocycles. The monoisotopic (exact) mass is 325 g/mol. The van der Waals surface area contributed by atoms with Gasteiger partial charge in [0.05, 0.1) is 18.2 Å². The van der Waals surface area contributed by atoms with Crippen LogP contribution in [0.5, 0.6) is 0 Å². The summed E-state index contributed by atoms with van der Waals surface area (Å²) in [5, 5.41) is 0. The number of hydrogen-bond donors (Lipinski definition) is 0. The van der Waals surface area contributed by atoms with E-state index in [9.17, 15) is 4.79 Å². The summed E-state index contributed by atoms with van der Waals surface area (Å²) in [5.74, 6) is 0.175. The van der Waals surface area contributed by atoms with Crippen LogP contribution in [0.15, 0.2) is 28.7 Å². The maximum Gasteiger partial charge on any atom is 0.179 e. The zero-order valence-corrected chi connectivity index (χ0v) is 13.2. The fourth-order valence-electron chi connectivity index (χ4n) is 2.56. The molecule has 1 fully saturated rings. The van der Waals surface area contributed by atoms with Gasteiger partial charge in [-0.1, -0.05) is 28.1 Å². The highest BCUT2D eigenvalue weighted by molar-refractivity contribution is 9.10. The highest BCUT2D eigenvalue weighted by Gasteiger charge is 2.29. The van der Waals surface area contributed by atoms with Gasteiger partial charge in [-0.3, -0.25) is 9.69 Å². The number of benzene rings is 1. The van der Waals surface area contributed by atoms with Crippen molar-refractivity contribution >= 4 is 21.7 Å². The predicted molar refractivity (Wildman–Crippen MR) is 79.5 cm³/mol. The van der Waals surface area contributed by atoms with Gasteiger partial charge in [0.1, 0.15) is 0 Å². The molecule has 3 atom stereocenters. The van der Waals surface area contributed by atoms with Crippen LogP contribution in [0.3, 0.4) is 0 Å². The summed E-state index contributed by atoms with van der Waals surface area (Å²) in [6, 6.07) is 7.46. The summed E-state index contributed by atoms with van der Waals surface area (Å²) >= 11 is 3.39. The number of nitrogens with zero attached hydrogens (tertiary/aromatic N) is 1. The lowest BCUT2D eigenvalue weighted by Gasteiger charge is -2.38. The van der Waals surface area contributed by atoms with Gasteiger partial charge in [0.25, 0.3) is 0 Å². The molecule has 1 aliphatic rings. The summed E-state index contributed by atoms with van der Waals surface area (Å²) in [4.78, 5) is 14.7. The number of ether oxygens (including phenoxy) is 1. The Bertz CT molecular complexity index is 436. The molecule has 1 heterocycles. The van der Waals surface area contributed by atoms with Crippen molar-refractivity contribution < 1.29 is 9.53 Å². The number of Topliss-reactive ketones (excluding diaryl/α,β-unsaturated/α-hetero) is 1. The van der Waals surface area contributed by atoms with Crippen LogP contribution in [0, 0.1) is 0 Å². The smallest absolute Gasteiger partial charge is 0.179 e. The maximum absolute atomic E-state index is 12.5. The average molecular weight is 326 g/mol. The van der Waals surface area contributed by atoms with Crippen molar-refractivity contribution in [2.45, 2.75) is 39.0 Å². The summed E-state index contributed by atoms with van der Waals surface area (Å²) in [5.41, 5.74) is 0.766. The van der Waals surface area contributed by atoms with Crippen LogP contribution in [0.1, 0.15) is 31.1 Å². The first-order valence-corrected chi connectivity index (χ1v) is 7.46. The highest BCUT2D eigenvalue weighted by Crippen LogP contribution is 2.18. The molecule has 1 aromatic rings. The molecule has 1 saturated heterocycles. The molecule has 1 unspecified atom stereocenters. The van der Waals surface area contributed by atoms with Gasteiger partial charge >= 0.3 is 0 Å². The number of hydrogen-bond acceptors (Lipinski definition) is 3. The molecule has 0 aliphatic carbocycles. The summed E-state index contributed by atoms with van der Waals surface area (Å²) in [6.07, 6.45) is 0.368. The lowest BCUT2D eigenvalue weighted by molar-refractivity contribution is -0.0744. The van der Waals surface area contributed by atoms with E-state index in [2.05, 4.69) is 34.7 Å². The Morgan fingerprint density at radius 2 is 1.79 bits per heavy atom. The van der Waals surface area contributed by atoms with E-state index in [0.717, 1.165) is 23.1 Å². The van der Waals surface area contributed by atoms with Crippen molar-refractivity contribution in [1.29, 1.82) is 0 Å². The second-order valence-electron chi connectivity index (χ2n) is 5.26. The molecular formula is C15H20BrNO2. The quantitative estimate of drug-likeness (QED) is 0.800. The molecule has 0 spiro atoms. The first-order chi connectivity index (χ1) is 8.97. The number of carbonyl (C=O) groups excluding carboxylic acids is 1. The third kappa shape index (κ3) is 3.65. The first kappa shape index (κ1) is 14.7. The molecule has 0 amide bonds. The Morgan fingerprint density at radius 1 is 1.26 bits per heavy atom. The SMILES string of the molecule is CC(C(=O)c1ccc(Br)cc1)N1C[C@@H](C)O[C@@H](C)C1. The molecule has 4 heteroatoms. The first-order valence-electron chi connectivity index (χ1n) is 6.66. The van der Waals surface area contributed by atoms with Crippen LogP contribution >= 0.6 is 15.9 Å². The number of carbonyl (C=O) groups is 1. The van der Waals surface area contributed by atoms with Gasteiger partial charge in [-0.25, -0.2) is 0 Å². The minimum absolute atomic E-state index is 0.102. The van der Waals surface area contributed by atoms with Gasteiger partial charge in [0.2, 0.25) is 0 Å². The van der Waals surface area contributed by atoms with E-state index >= 15 is 0 Å². The van der Waals surface area contributed by atoms with E-state index in [-0.39, 0.29) is 24.0 Å². The summed E-state index contributed by atoms with van der Waals surface area (Å²) < 4.78 is 6.70. The number of morpholine rings is 1. The van der Waals surface area contributed by atoms with Gasteiger partial charge in [-0.2, -0.15) is 0 Å².